The SMILES string of the molecule is CC(C)NC(=O)/C(C#N)=C/c1ccc(OCc2ccc(Cl)c(Cl)c2)cc1. The normalized spacial score (nSPS) is 11.2. The van der Waals surface area contributed by atoms with Crippen LogP contribution in [-0.4, -0.2) is 11.9 Å². The molecular weight excluding hydrogens is 371 g/mol. The van der Waals surface area contributed by atoms with Crippen LogP contribution in [0.1, 0.15) is 25.0 Å². The molecule has 0 aliphatic rings. The number of nitriles is 1. The summed E-state index contributed by atoms with van der Waals surface area (Å²) in [5.74, 6) is 0.279. The second-order valence-electron chi connectivity index (χ2n) is 5.90. The van der Waals surface area contributed by atoms with Crippen molar-refractivity contribution in [3.8, 4) is 11.8 Å². The van der Waals surface area contributed by atoms with Crippen LogP contribution in [0.3, 0.4) is 0 Å². The van der Waals surface area contributed by atoms with Crippen LogP contribution in [0.25, 0.3) is 6.08 Å². The summed E-state index contributed by atoms with van der Waals surface area (Å²) in [7, 11) is 0. The molecule has 0 saturated heterocycles. The molecule has 0 aliphatic heterocycles. The molecule has 0 saturated carbocycles. The lowest BCUT2D eigenvalue weighted by Gasteiger charge is -2.08. The number of amides is 1. The largest absolute Gasteiger partial charge is 0.489 e. The first-order valence-corrected chi connectivity index (χ1v) is 8.74. The van der Waals surface area contributed by atoms with Crippen LogP contribution in [0.15, 0.2) is 48.0 Å². The predicted octanol–water partition coefficient (Wildman–Crippen LogP) is 5.00. The summed E-state index contributed by atoms with van der Waals surface area (Å²) in [6, 6.07) is 14.3. The van der Waals surface area contributed by atoms with E-state index in [1.54, 1.807) is 42.5 Å². The van der Waals surface area contributed by atoms with E-state index in [2.05, 4.69) is 5.32 Å². The first-order chi connectivity index (χ1) is 12.4. The highest BCUT2D eigenvalue weighted by Gasteiger charge is 2.10. The number of carbonyl (C=O) groups is 1. The Kier molecular flexibility index (Phi) is 7.08. The van der Waals surface area contributed by atoms with Crippen LogP contribution in [0.5, 0.6) is 5.75 Å². The van der Waals surface area contributed by atoms with Crippen molar-refractivity contribution in [2.45, 2.75) is 26.5 Å². The van der Waals surface area contributed by atoms with E-state index in [1.807, 2.05) is 26.0 Å². The Labute approximate surface area is 163 Å². The van der Waals surface area contributed by atoms with Crippen LogP contribution in [0.4, 0.5) is 0 Å². The second kappa shape index (κ2) is 9.28. The minimum Gasteiger partial charge on any atom is -0.489 e. The lowest BCUT2D eigenvalue weighted by Crippen LogP contribution is -2.30. The Morgan fingerprint density at radius 1 is 1.19 bits per heavy atom. The molecule has 1 amide bonds. The molecule has 2 aromatic carbocycles. The van der Waals surface area contributed by atoms with Crippen molar-refractivity contribution in [2.75, 3.05) is 0 Å². The van der Waals surface area contributed by atoms with Crippen molar-refractivity contribution >= 4 is 35.2 Å². The molecule has 2 rings (SSSR count). The van der Waals surface area contributed by atoms with Crippen LogP contribution in [0.2, 0.25) is 10.0 Å². The number of rotatable bonds is 6. The Morgan fingerprint density at radius 3 is 2.46 bits per heavy atom. The molecule has 0 aliphatic carbocycles. The molecule has 0 aromatic heterocycles. The molecule has 134 valence electrons. The molecular formula is C20H18Cl2N2O2. The smallest absolute Gasteiger partial charge is 0.262 e. The van der Waals surface area contributed by atoms with Crippen molar-refractivity contribution in [1.82, 2.24) is 5.32 Å². The van der Waals surface area contributed by atoms with E-state index in [9.17, 15) is 4.79 Å². The zero-order valence-electron chi connectivity index (χ0n) is 14.4. The number of nitrogens with one attached hydrogen (secondary N) is 1. The zero-order valence-corrected chi connectivity index (χ0v) is 15.9. The number of halogens is 2. The topological polar surface area (TPSA) is 62.1 Å². The van der Waals surface area contributed by atoms with Gasteiger partial charge in [0.15, 0.2) is 0 Å². The van der Waals surface area contributed by atoms with Gasteiger partial charge in [0.1, 0.15) is 24.0 Å². The third-order valence-electron chi connectivity index (χ3n) is 3.37. The summed E-state index contributed by atoms with van der Waals surface area (Å²) in [6.07, 6.45) is 1.54. The number of benzene rings is 2. The number of hydrogen-bond donors (Lipinski definition) is 1. The van der Waals surface area contributed by atoms with Gasteiger partial charge in [0.25, 0.3) is 5.91 Å². The monoisotopic (exact) mass is 388 g/mol. The number of hydrogen-bond acceptors (Lipinski definition) is 3. The van der Waals surface area contributed by atoms with Gasteiger partial charge in [0.05, 0.1) is 10.0 Å². The number of carbonyl (C=O) groups excluding carboxylic acids is 1. The predicted molar refractivity (Wildman–Crippen MR) is 104 cm³/mol. The van der Waals surface area contributed by atoms with E-state index in [4.69, 9.17) is 33.2 Å². The van der Waals surface area contributed by atoms with Gasteiger partial charge in [-0.2, -0.15) is 5.26 Å². The van der Waals surface area contributed by atoms with Crippen molar-refractivity contribution in [2.24, 2.45) is 0 Å². The van der Waals surface area contributed by atoms with E-state index in [0.29, 0.717) is 22.4 Å². The molecule has 2 aromatic rings. The average molecular weight is 389 g/mol. The molecule has 6 heteroatoms. The molecule has 4 nitrogen and oxygen atoms in total. The Bertz CT molecular complexity index is 853. The summed E-state index contributed by atoms with van der Waals surface area (Å²) < 4.78 is 5.71. The Hall–Kier alpha value is -2.48. The average Bonchev–Trinajstić information content (AvgIpc) is 2.61. The molecule has 0 fully saturated rings. The fourth-order valence-electron chi connectivity index (χ4n) is 2.11. The minimum absolute atomic E-state index is 0.0311. The maximum absolute atomic E-state index is 11.9. The fraction of sp³-hybridized carbons (Fsp3) is 0.200. The van der Waals surface area contributed by atoms with Gasteiger partial charge in [0.2, 0.25) is 0 Å². The first-order valence-electron chi connectivity index (χ1n) is 7.98. The van der Waals surface area contributed by atoms with Crippen LogP contribution in [0, 0.1) is 11.3 Å². The summed E-state index contributed by atoms with van der Waals surface area (Å²) in [6.45, 7) is 4.03. The third-order valence-corrected chi connectivity index (χ3v) is 4.10. The Balaban J connectivity index is 2.03. The summed E-state index contributed by atoms with van der Waals surface area (Å²) in [5, 5.41) is 12.8. The lowest BCUT2D eigenvalue weighted by molar-refractivity contribution is -0.117. The molecule has 0 radical (unpaired) electrons. The highest BCUT2D eigenvalue weighted by atomic mass is 35.5. The molecule has 0 unspecified atom stereocenters. The van der Waals surface area contributed by atoms with E-state index in [1.165, 1.54) is 0 Å². The van der Waals surface area contributed by atoms with Gasteiger partial charge in [-0.1, -0.05) is 41.4 Å². The van der Waals surface area contributed by atoms with Crippen molar-refractivity contribution in [3.63, 3.8) is 0 Å². The van der Waals surface area contributed by atoms with Gasteiger partial charge in [-0.05, 0) is 55.3 Å². The second-order valence-corrected chi connectivity index (χ2v) is 6.72. The Morgan fingerprint density at radius 2 is 1.88 bits per heavy atom. The third kappa shape index (κ3) is 5.80. The standard InChI is InChI=1S/C20H18Cl2N2O2/c1-13(2)24-20(25)16(11-23)9-14-3-6-17(7-4-14)26-12-15-5-8-18(21)19(22)10-15/h3-10,13H,12H2,1-2H3,(H,24,25)/b16-9+. The van der Waals surface area contributed by atoms with Crippen molar-refractivity contribution in [1.29, 1.82) is 5.26 Å². The first kappa shape index (κ1) is 19.8. The molecule has 0 atom stereocenters. The fourth-order valence-corrected chi connectivity index (χ4v) is 2.43. The zero-order chi connectivity index (χ0) is 19.1. The lowest BCUT2D eigenvalue weighted by atomic mass is 10.1. The maximum Gasteiger partial charge on any atom is 0.262 e. The van der Waals surface area contributed by atoms with Gasteiger partial charge in [-0.3, -0.25) is 4.79 Å². The van der Waals surface area contributed by atoms with Gasteiger partial charge >= 0.3 is 0 Å². The van der Waals surface area contributed by atoms with Gasteiger partial charge < -0.3 is 10.1 Å². The van der Waals surface area contributed by atoms with Crippen LogP contribution >= 0.6 is 23.2 Å². The van der Waals surface area contributed by atoms with Crippen LogP contribution < -0.4 is 10.1 Å². The molecule has 0 heterocycles. The number of ether oxygens (including phenoxy) is 1. The van der Waals surface area contributed by atoms with E-state index >= 15 is 0 Å². The van der Waals surface area contributed by atoms with Crippen molar-refractivity contribution in [3.05, 3.63) is 69.2 Å². The number of nitrogens with zero attached hydrogens (tertiary/aromatic N) is 1. The quantitative estimate of drug-likeness (QED) is 0.558. The highest BCUT2D eigenvalue weighted by molar-refractivity contribution is 6.42. The summed E-state index contributed by atoms with van der Waals surface area (Å²) >= 11 is 11.9. The molecule has 0 spiro atoms. The van der Waals surface area contributed by atoms with E-state index in [0.717, 1.165) is 11.1 Å². The van der Waals surface area contributed by atoms with E-state index in [-0.39, 0.29) is 17.5 Å². The summed E-state index contributed by atoms with van der Waals surface area (Å²) in [4.78, 5) is 11.9. The van der Waals surface area contributed by atoms with E-state index < -0.39 is 0 Å². The maximum atomic E-state index is 11.9. The van der Waals surface area contributed by atoms with Gasteiger partial charge in [-0.25, -0.2) is 0 Å². The van der Waals surface area contributed by atoms with Crippen LogP contribution in [-0.2, 0) is 11.4 Å². The molecule has 26 heavy (non-hydrogen) atoms. The highest BCUT2D eigenvalue weighted by Crippen LogP contribution is 2.23. The molecule has 0 bridgehead atoms. The van der Waals surface area contributed by atoms with Gasteiger partial charge in [-0.15, -0.1) is 0 Å². The van der Waals surface area contributed by atoms with Crippen molar-refractivity contribution < 1.29 is 9.53 Å². The molecule has 1 N–H and O–H groups in total. The minimum atomic E-state index is -0.387. The van der Waals surface area contributed by atoms with Gasteiger partial charge in [0, 0.05) is 6.04 Å². The summed E-state index contributed by atoms with van der Waals surface area (Å²) in [5.41, 5.74) is 1.70.